The Morgan fingerprint density at radius 3 is 2.29 bits per heavy atom. The highest BCUT2D eigenvalue weighted by molar-refractivity contribution is 14.1. The quantitative estimate of drug-likeness (QED) is 0.481. The SMILES string of the molecule is C=CC=CC=CI. The van der Waals surface area contributed by atoms with Gasteiger partial charge in [0, 0.05) is 0 Å². The van der Waals surface area contributed by atoms with Crippen molar-refractivity contribution >= 4 is 22.6 Å². The van der Waals surface area contributed by atoms with Gasteiger partial charge in [-0.05, 0) is 4.08 Å². The van der Waals surface area contributed by atoms with Gasteiger partial charge in [0.15, 0.2) is 0 Å². The molecule has 0 radical (unpaired) electrons. The number of halogens is 1. The van der Waals surface area contributed by atoms with Crippen LogP contribution in [0.1, 0.15) is 0 Å². The second-order valence-corrected chi connectivity index (χ2v) is 1.66. The van der Waals surface area contributed by atoms with Crippen molar-refractivity contribution in [3.8, 4) is 0 Å². The molecule has 0 heterocycles. The van der Waals surface area contributed by atoms with E-state index in [9.17, 15) is 0 Å². The maximum Gasteiger partial charge on any atom is -0.0234 e. The van der Waals surface area contributed by atoms with Crippen molar-refractivity contribution in [2.75, 3.05) is 0 Å². The van der Waals surface area contributed by atoms with Crippen LogP contribution < -0.4 is 0 Å². The third kappa shape index (κ3) is 5.95. The Labute approximate surface area is 57.8 Å². The molecule has 0 aliphatic rings. The van der Waals surface area contributed by atoms with Crippen LogP contribution in [0.4, 0.5) is 0 Å². The molecule has 0 unspecified atom stereocenters. The van der Waals surface area contributed by atoms with E-state index in [1.807, 2.05) is 22.3 Å². The molecule has 0 aromatic rings. The predicted molar refractivity (Wildman–Crippen MR) is 42.5 cm³/mol. The van der Waals surface area contributed by atoms with Crippen LogP contribution in [0, 0.1) is 0 Å². The minimum Gasteiger partial charge on any atom is -0.0991 e. The van der Waals surface area contributed by atoms with E-state index in [1.165, 1.54) is 0 Å². The summed E-state index contributed by atoms with van der Waals surface area (Å²) in [6.07, 6.45) is 7.51. The van der Waals surface area contributed by atoms with E-state index in [0.29, 0.717) is 0 Å². The van der Waals surface area contributed by atoms with Gasteiger partial charge in [-0.3, -0.25) is 0 Å². The van der Waals surface area contributed by atoms with Crippen LogP contribution in [0.3, 0.4) is 0 Å². The summed E-state index contributed by atoms with van der Waals surface area (Å²) in [6.45, 7) is 3.51. The molecule has 0 bridgehead atoms. The molecule has 0 N–H and O–H groups in total. The van der Waals surface area contributed by atoms with Crippen LogP contribution in [0.25, 0.3) is 0 Å². The molecule has 0 saturated carbocycles. The Balaban J connectivity index is 3.27. The standard InChI is InChI=1S/C6H7I/c1-2-3-4-5-6-7/h2-6H,1H2. The molecule has 0 aliphatic carbocycles. The van der Waals surface area contributed by atoms with E-state index in [0.717, 1.165) is 0 Å². The molecule has 38 valence electrons. The van der Waals surface area contributed by atoms with Gasteiger partial charge in [-0.15, -0.1) is 0 Å². The summed E-state index contributed by atoms with van der Waals surface area (Å²) < 4.78 is 1.94. The fourth-order valence-corrected chi connectivity index (χ4v) is 0.424. The second-order valence-electron chi connectivity index (χ2n) is 0.939. The molecule has 0 fully saturated rings. The third-order valence-corrected chi connectivity index (χ3v) is 0.846. The average molecular weight is 206 g/mol. The summed E-state index contributed by atoms with van der Waals surface area (Å²) in [7, 11) is 0. The van der Waals surface area contributed by atoms with Crippen molar-refractivity contribution in [3.05, 3.63) is 35.0 Å². The Bertz CT molecular complexity index is 90.4. The third-order valence-electron chi connectivity index (χ3n) is 0.431. The summed E-state index contributed by atoms with van der Waals surface area (Å²) in [6, 6.07) is 0. The summed E-state index contributed by atoms with van der Waals surface area (Å²) in [5, 5.41) is 0. The highest BCUT2D eigenvalue weighted by atomic mass is 127. The summed E-state index contributed by atoms with van der Waals surface area (Å²) in [4.78, 5) is 0. The lowest BCUT2D eigenvalue weighted by atomic mass is 10.5. The molecule has 0 amide bonds. The maximum absolute atomic E-state index is 3.51. The van der Waals surface area contributed by atoms with Gasteiger partial charge in [-0.25, -0.2) is 0 Å². The predicted octanol–water partition coefficient (Wildman–Crippen LogP) is 2.68. The van der Waals surface area contributed by atoms with Crippen LogP contribution in [-0.4, -0.2) is 0 Å². The van der Waals surface area contributed by atoms with Crippen LogP contribution in [0.15, 0.2) is 35.0 Å². The topological polar surface area (TPSA) is 0 Å². The van der Waals surface area contributed by atoms with Crippen molar-refractivity contribution in [1.82, 2.24) is 0 Å². The minimum absolute atomic E-state index is 1.75. The maximum atomic E-state index is 3.51. The Morgan fingerprint density at radius 2 is 1.86 bits per heavy atom. The van der Waals surface area contributed by atoms with Crippen molar-refractivity contribution in [3.63, 3.8) is 0 Å². The minimum atomic E-state index is 1.75. The van der Waals surface area contributed by atoms with E-state index in [-0.39, 0.29) is 0 Å². The highest BCUT2D eigenvalue weighted by Crippen LogP contribution is 1.83. The Kier molecular flexibility index (Phi) is 5.91. The molecule has 7 heavy (non-hydrogen) atoms. The molecule has 1 heteroatoms. The molecule has 0 atom stereocenters. The first-order valence-electron chi connectivity index (χ1n) is 1.96. The van der Waals surface area contributed by atoms with Crippen molar-refractivity contribution in [2.24, 2.45) is 0 Å². The average Bonchev–Trinajstić information content (AvgIpc) is 1.69. The van der Waals surface area contributed by atoms with Crippen LogP contribution in [-0.2, 0) is 0 Å². The van der Waals surface area contributed by atoms with Gasteiger partial charge in [0.25, 0.3) is 0 Å². The Hall–Kier alpha value is -0.0500. The molecule has 0 spiro atoms. The zero-order valence-electron chi connectivity index (χ0n) is 3.97. The number of hydrogen-bond donors (Lipinski definition) is 0. The zero-order chi connectivity index (χ0) is 5.54. The highest BCUT2D eigenvalue weighted by Gasteiger charge is 1.53. The van der Waals surface area contributed by atoms with E-state index < -0.39 is 0 Å². The Morgan fingerprint density at radius 1 is 1.14 bits per heavy atom. The van der Waals surface area contributed by atoms with Crippen molar-refractivity contribution in [2.45, 2.75) is 0 Å². The van der Waals surface area contributed by atoms with Gasteiger partial charge < -0.3 is 0 Å². The lowest BCUT2D eigenvalue weighted by Gasteiger charge is -1.64. The van der Waals surface area contributed by atoms with E-state index in [1.54, 1.807) is 6.08 Å². The van der Waals surface area contributed by atoms with Crippen molar-refractivity contribution in [1.29, 1.82) is 0 Å². The number of allylic oxidation sites excluding steroid dienone is 4. The fourth-order valence-electron chi connectivity index (χ4n) is 0.185. The van der Waals surface area contributed by atoms with Gasteiger partial charge >= 0.3 is 0 Å². The first kappa shape index (κ1) is 6.95. The van der Waals surface area contributed by atoms with E-state index in [4.69, 9.17) is 0 Å². The van der Waals surface area contributed by atoms with Gasteiger partial charge in [0.1, 0.15) is 0 Å². The second kappa shape index (κ2) is 5.95. The van der Waals surface area contributed by atoms with Gasteiger partial charge in [-0.1, -0.05) is 53.5 Å². The van der Waals surface area contributed by atoms with Crippen LogP contribution in [0.5, 0.6) is 0 Å². The number of rotatable bonds is 2. The van der Waals surface area contributed by atoms with E-state index >= 15 is 0 Å². The van der Waals surface area contributed by atoms with Gasteiger partial charge in [0.2, 0.25) is 0 Å². The number of hydrogen-bond acceptors (Lipinski definition) is 0. The first-order valence-corrected chi connectivity index (χ1v) is 3.21. The molecule has 0 aromatic heterocycles. The van der Waals surface area contributed by atoms with E-state index in [2.05, 4.69) is 29.2 Å². The molecule has 0 aromatic carbocycles. The van der Waals surface area contributed by atoms with Crippen LogP contribution in [0.2, 0.25) is 0 Å². The summed E-state index contributed by atoms with van der Waals surface area (Å²) in [5.41, 5.74) is 0. The normalized spacial score (nSPS) is 11.0. The van der Waals surface area contributed by atoms with Crippen molar-refractivity contribution < 1.29 is 0 Å². The smallest absolute Gasteiger partial charge is 0.0234 e. The fraction of sp³-hybridized carbons (Fsp3) is 0. The molecular formula is C6H7I. The monoisotopic (exact) mass is 206 g/mol. The summed E-state index contributed by atoms with van der Waals surface area (Å²) in [5.74, 6) is 0. The first-order chi connectivity index (χ1) is 3.41. The molecular weight excluding hydrogens is 199 g/mol. The lowest BCUT2D eigenvalue weighted by molar-refractivity contribution is 1.98. The lowest BCUT2D eigenvalue weighted by Crippen LogP contribution is -1.40. The van der Waals surface area contributed by atoms with Gasteiger partial charge in [0.05, 0.1) is 0 Å². The molecule has 0 rings (SSSR count). The molecule has 0 aliphatic heterocycles. The molecule has 0 nitrogen and oxygen atoms in total. The molecule has 0 saturated heterocycles. The zero-order valence-corrected chi connectivity index (χ0v) is 6.13. The largest absolute Gasteiger partial charge is 0.0991 e. The summed E-state index contributed by atoms with van der Waals surface area (Å²) >= 11 is 2.16. The van der Waals surface area contributed by atoms with Crippen LogP contribution >= 0.6 is 22.6 Å². The van der Waals surface area contributed by atoms with Gasteiger partial charge in [-0.2, -0.15) is 0 Å².